The maximum absolute atomic E-state index is 11.9. The average molecular weight is 301 g/mol. The summed E-state index contributed by atoms with van der Waals surface area (Å²) in [4.78, 5) is 14.8. The number of nitrogens with two attached hydrogens (primary N) is 1. The minimum absolute atomic E-state index is 0.0828. The Kier molecular flexibility index (Phi) is 2.86. The van der Waals surface area contributed by atoms with Crippen LogP contribution in [0.3, 0.4) is 0 Å². The highest BCUT2D eigenvalue weighted by atomic mass is 79.9. The van der Waals surface area contributed by atoms with Crippen LogP contribution in [-0.2, 0) is 7.05 Å². The number of hydrogen-bond acceptors (Lipinski definition) is 3. The number of halogens is 1. The lowest BCUT2D eigenvalue weighted by Crippen LogP contribution is -2.32. The summed E-state index contributed by atoms with van der Waals surface area (Å²) in [5, 5.41) is 2.92. The number of nitrogens with one attached hydrogen (secondary N) is 1. The molecule has 0 fully saturated rings. The molecule has 0 spiro atoms. The molecule has 0 aliphatic rings. The van der Waals surface area contributed by atoms with Crippen LogP contribution in [0.5, 0.6) is 0 Å². The Labute approximate surface area is 105 Å². The lowest BCUT2D eigenvalue weighted by Gasteiger charge is -2.00. The van der Waals surface area contributed by atoms with Gasteiger partial charge < -0.3 is 10.7 Å². The molecule has 0 atom stereocenters. The van der Waals surface area contributed by atoms with Gasteiger partial charge in [0.2, 0.25) is 0 Å². The molecule has 0 aromatic carbocycles. The summed E-state index contributed by atoms with van der Waals surface area (Å²) in [5.41, 5.74) is 7.21. The molecule has 0 unspecified atom stereocenters. The summed E-state index contributed by atoms with van der Waals surface area (Å²) in [5.74, 6) is 0.358. The lowest BCUT2D eigenvalue weighted by atomic mass is 10.3. The number of hydrogen-bond donors (Lipinski definition) is 2. The van der Waals surface area contributed by atoms with E-state index in [0.29, 0.717) is 16.0 Å². The Morgan fingerprint density at radius 3 is 2.75 bits per heavy atom. The quantitative estimate of drug-likeness (QED) is 0.620. The average Bonchev–Trinajstić information content (AvgIpc) is 2.48. The molecule has 0 radical (unpaired) electrons. The van der Waals surface area contributed by atoms with Crippen LogP contribution in [0, 0.1) is 6.92 Å². The normalized spacial score (nSPS) is 10.7. The molecule has 4 nitrogen and oxygen atoms in total. The van der Waals surface area contributed by atoms with E-state index in [-0.39, 0.29) is 5.43 Å². The molecule has 2 aromatic heterocycles. The Hall–Kier alpha value is -1.14. The van der Waals surface area contributed by atoms with Gasteiger partial charge in [-0.3, -0.25) is 4.79 Å². The first kappa shape index (κ1) is 11.3. The van der Waals surface area contributed by atoms with Crippen molar-refractivity contribution in [1.29, 1.82) is 0 Å². The molecule has 0 saturated carbocycles. The largest absolute Gasteiger partial charge is 0.385 e. The molecule has 3 N–H and O–H groups in total. The highest BCUT2D eigenvalue weighted by molar-refractivity contribution is 9.10. The first-order chi connectivity index (χ1) is 7.50. The number of aryl methyl sites for hydroxylation is 1. The third-order valence-electron chi connectivity index (χ3n) is 2.40. The van der Waals surface area contributed by atoms with E-state index in [2.05, 4.69) is 20.9 Å². The zero-order valence-corrected chi connectivity index (χ0v) is 11.3. The van der Waals surface area contributed by atoms with Crippen molar-refractivity contribution in [2.24, 2.45) is 7.05 Å². The van der Waals surface area contributed by atoms with E-state index in [1.807, 2.05) is 23.9 Å². The maximum Gasteiger partial charge on any atom is 0.275 e. The van der Waals surface area contributed by atoms with Crippen molar-refractivity contribution in [2.45, 2.75) is 6.92 Å². The van der Waals surface area contributed by atoms with Crippen LogP contribution >= 0.6 is 27.3 Å². The molecule has 2 aromatic rings. The number of aromatic amines is 1. The molecule has 84 valence electrons. The van der Waals surface area contributed by atoms with E-state index in [1.54, 1.807) is 0 Å². The van der Waals surface area contributed by atoms with Gasteiger partial charge in [-0.05, 0) is 15.9 Å². The van der Waals surface area contributed by atoms with Crippen molar-refractivity contribution in [3.63, 3.8) is 0 Å². The summed E-state index contributed by atoms with van der Waals surface area (Å²) in [6.07, 6.45) is 0. The standard InChI is InChI=1S/C10H10BrN3OS/c1-5-4-16-10(14(5)2)8-6(15)3-7(12)13-9(8)11/h3-4H,1-2H3,(H2,12,15)/p+1. The SMILES string of the molecule is Cc1csc(-c2c(Br)[nH]c(N)cc2=O)[n+]1C. The second kappa shape index (κ2) is 4.03. The van der Waals surface area contributed by atoms with Crippen molar-refractivity contribution in [3.05, 3.63) is 32.0 Å². The summed E-state index contributed by atoms with van der Waals surface area (Å²) in [6.45, 7) is 2.00. The molecule has 0 amide bonds. The van der Waals surface area contributed by atoms with Gasteiger partial charge in [0, 0.05) is 13.0 Å². The Bertz CT molecular complexity index is 603. The monoisotopic (exact) mass is 300 g/mol. The second-order valence-corrected chi connectivity index (χ2v) is 5.17. The Morgan fingerprint density at radius 1 is 1.56 bits per heavy atom. The minimum Gasteiger partial charge on any atom is -0.385 e. The van der Waals surface area contributed by atoms with Crippen molar-refractivity contribution < 1.29 is 4.57 Å². The van der Waals surface area contributed by atoms with Crippen molar-refractivity contribution in [2.75, 3.05) is 5.73 Å². The number of anilines is 1. The molecule has 0 saturated heterocycles. The highest BCUT2D eigenvalue weighted by Gasteiger charge is 2.21. The van der Waals surface area contributed by atoms with E-state index in [1.165, 1.54) is 17.4 Å². The van der Waals surface area contributed by atoms with Gasteiger partial charge in [-0.15, -0.1) is 0 Å². The Balaban J connectivity index is 2.74. The number of H-pyrrole nitrogens is 1. The highest BCUT2D eigenvalue weighted by Crippen LogP contribution is 2.25. The van der Waals surface area contributed by atoms with Gasteiger partial charge in [-0.2, -0.15) is 4.57 Å². The van der Waals surface area contributed by atoms with Crippen LogP contribution in [-0.4, -0.2) is 4.98 Å². The van der Waals surface area contributed by atoms with Crippen LogP contribution in [0.4, 0.5) is 5.82 Å². The van der Waals surface area contributed by atoms with E-state index in [4.69, 9.17) is 5.73 Å². The zero-order chi connectivity index (χ0) is 11.9. The van der Waals surface area contributed by atoms with Crippen LogP contribution in [0.1, 0.15) is 5.69 Å². The molecule has 2 rings (SSSR count). The number of thiazole rings is 1. The zero-order valence-electron chi connectivity index (χ0n) is 8.87. The molecule has 16 heavy (non-hydrogen) atoms. The smallest absolute Gasteiger partial charge is 0.275 e. The number of nitrogen functional groups attached to an aromatic ring is 1. The summed E-state index contributed by atoms with van der Waals surface area (Å²) < 4.78 is 2.60. The molecule has 6 heteroatoms. The third-order valence-corrected chi connectivity index (χ3v) is 4.15. The predicted molar refractivity (Wildman–Crippen MR) is 68.4 cm³/mol. The fraction of sp³-hybridized carbons (Fsp3) is 0.200. The predicted octanol–water partition coefficient (Wildman–Crippen LogP) is 1.58. The van der Waals surface area contributed by atoms with Crippen LogP contribution in [0.25, 0.3) is 10.6 Å². The second-order valence-electron chi connectivity index (χ2n) is 3.52. The van der Waals surface area contributed by atoms with Crippen LogP contribution in [0.2, 0.25) is 0 Å². The van der Waals surface area contributed by atoms with Gasteiger partial charge in [0.25, 0.3) is 5.01 Å². The molecular weight excluding hydrogens is 290 g/mol. The molecule has 0 bridgehead atoms. The molecular formula is C10H11BrN3OS+. The van der Waals surface area contributed by atoms with Crippen molar-refractivity contribution >= 4 is 33.1 Å². The van der Waals surface area contributed by atoms with Crippen molar-refractivity contribution in [3.8, 4) is 10.6 Å². The van der Waals surface area contributed by atoms with Crippen LogP contribution < -0.4 is 15.7 Å². The van der Waals surface area contributed by atoms with Gasteiger partial charge in [0.1, 0.15) is 23.0 Å². The number of rotatable bonds is 1. The Morgan fingerprint density at radius 2 is 2.25 bits per heavy atom. The topological polar surface area (TPSA) is 62.8 Å². The van der Waals surface area contributed by atoms with Crippen LogP contribution in [0.15, 0.2) is 20.8 Å². The third kappa shape index (κ3) is 1.78. The fourth-order valence-corrected chi connectivity index (χ4v) is 3.24. The molecule has 0 aliphatic carbocycles. The first-order valence-corrected chi connectivity index (χ1v) is 6.30. The van der Waals surface area contributed by atoms with E-state index in [0.717, 1.165) is 10.7 Å². The molecule has 2 heterocycles. The summed E-state index contributed by atoms with van der Waals surface area (Å²) in [7, 11) is 1.93. The van der Waals surface area contributed by atoms with Crippen molar-refractivity contribution in [1.82, 2.24) is 4.98 Å². The summed E-state index contributed by atoms with van der Waals surface area (Å²) >= 11 is 4.87. The minimum atomic E-state index is -0.0828. The first-order valence-electron chi connectivity index (χ1n) is 4.63. The number of aromatic nitrogens is 2. The van der Waals surface area contributed by atoms with Gasteiger partial charge >= 0.3 is 0 Å². The van der Waals surface area contributed by atoms with E-state index in [9.17, 15) is 4.79 Å². The summed E-state index contributed by atoms with van der Waals surface area (Å²) in [6, 6.07) is 1.40. The maximum atomic E-state index is 11.9. The lowest BCUT2D eigenvalue weighted by molar-refractivity contribution is -0.662. The van der Waals surface area contributed by atoms with Gasteiger partial charge in [-0.25, -0.2) is 0 Å². The van der Waals surface area contributed by atoms with E-state index < -0.39 is 0 Å². The van der Waals surface area contributed by atoms with Gasteiger partial charge in [-0.1, -0.05) is 11.3 Å². The van der Waals surface area contributed by atoms with Gasteiger partial charge in [0.05, 0.1) is 5.38 Å². The number of nitrogens with zero attached hydrogens (tertiary/aromatic N) is 1. The van der Waals surface area contributed by atoms with Gasteiger partial charge in [0.15, 0.2) is 11.1 Å². The molecule has 0 aliphatic heterocycles. The van der Waals surface area contributed by atoms with E-state index >= 15 is 0 Å². The number of pyridine rings is 1. The fourth-order valence-electron chi connectivity index (χ4n) is 1.43.